The lowest BCUT2D eigenvalue weighted by Crippen LogP contribution is -2.14. The third-order valence-corrected chi connectivity index (χ3v) is 4.62. The fourth-order valence-electron chi connectivity index (χ4n) is 3.05. The molecule has 0 bridgehead atoms. The molecular weight excluding hydrogens is 356 g/mol. The Bertz CT molecular complexity index is 1130. The zero-order valence-electron chi connectivity index (χ0n) is 16.6. The van der Waals surface area contributed by atoms with Gasteiger partial charge in [0.05, 0.1) is 5.56 Å². The summed E-state index contributed by atoms with van der Waals surface area (Å²) in [6.07, 6.45) is 0. The fraction of sp³-hybridized carbons (Fsp3) is 0.261. The number of aryl methyl sites for hydroxylation is 1. The molecule has 0 aliphatic carbocycles. The average molecular weight is 378 g/mol. The highest BCUT2D eigenvalue weighted by atomic mass is 16.5. The van der Waals surface area contributed by atoms with Gasteiger partial charge >= 0.3 is 11.6 Å². The smallest absolute Gasteiger partial charge is 0.343 e. The molecule has 1 heterocycles. The molecule has 1 aromatic heterocycles. The molecule has 0 atom stereocenters. The van der Waals surface area contributed by atoms with Crippen LogP contribution < -0.4 is 10.4 Å². The van der Waals surface area contributed by atoms with Gasteiger partial charge in [0, 0.05) is 11.5 Å². The summed E-state index contributed by atoms with van der Waals surface area (Å²) < 4.78 is 10.7. The highest BCUT2D eigenvalue weighted by Crippen LogP contribution is 2.30. The first-order chi connectivity index (χ1) is 13.1. The second-order valence-electron chi connectivity index (χ2n) is 7.84. The molecule has 0 spiro atoms. The van der Waals surface area contributed by atoms with Crippen LogP contribution in [-0.2, 0) is 5.41 Å². The molecule has 0 aliphatic rings. The number of hydrogen-bond acceptors (Lipinski definition) is 5. The van der Waals surface area contributed by atoms with Crippen molar-refractivity contribution in [1.82, 2.24) is 0 Å². The Morgan fingerprint density at radius 3 is 2.21 bits per heavy atom. The van der Waals surface area contributed by atoms with E-state index in [1.807, 2.05) is 12.1 Å². The third kappa shape index (κ3) is 3.74. The number of carbonyl (C=O) groups is 2. The van der Waals surface area contributed by atoms with E-state index >= 15 is 0 Å². The van der Waals surface area contributed by atoms with Gasteiger partial charge in [-0.25, -0.2) is 9.59 Å². The Hall–Kier alpha value is -3.21. The van der Waals surface area contributed by atoms with Crippen molar-refractivity contribution < 1.29 is 18.7 Å². The number of benzene rings is 2. The van der Waals surface area contributed by atoms with Crippen LogP contribution >= 0.6 is 0 Å². The van der Waals surface area contributed by atoms with Crippen LogP contribution in [0.2, 0.25) is 0 Å². The molecule has 0 amide bonds. The molecule has 5 heteroatoms. The molecule has 5 nitrogen and oxygen atoms in total. The zero-order valence-corrected chi connectivity index (χ0v) is 16.6. The van der Waals surface area contributed by atoms with E-state index in [0.29, 0.717) is 16.5 Å². The first kappa shape index (κ1) is 19.5. The lowest BCUT2D eigenvalue weighted by atomic mass is 9.87. The average Bonchev–Trinajstić information content (AvgIpc) is 2.60. The summed E-state index contributed by atoms with van der Waals surface area (Å²) in [4.78, 5) is 36.6. The van der Waals surface area contributed by atoms with Crippen molar-refractivity contribution in [2.45, 2.75) is 40.0 Å². The largest absolute Gasteiger partial charge is 0.422 e. The lowest BCUT2D eigenvalue weighted by molar-refractivity contribution is 0.0733. The lowest BCUT2D eigenvalue weighted by Gasteiger charge is -2.19. The Morgan fingerprint density at radius 1 is 1.00 bits per heavy atom. The Kier molecular flexibility index (Phi) is 4.94. The van der Waals surface area contributed by atoms with Gasteiger partial charge in [-0.1, -0.05) is 32.9 Å². The minimum Gasteiger partial charge on any atom is -0.422 e. The Morgan fingerprint density at radius 2 is 1.64 bits per heavy atom. The van der Waals surface area contributed by atoms with Crippen LogP contribution in [0.15, 0.2) is 51.7 Å². The van der Waals surface area contributed by atoms with Crippen molar-refractivity contribution in [3.05, 3.63) is 75.1 Å². The van der Waals surface area contributed by atoms with E-state index in [4.69, 9.17) is 9.15 Å². The van der Waals surface area contributed by atoms with E-state index in [1.54, 1.807) is 31.2 Å². The van der Waals surface area contributed by atoms with Gasteiger partial charge in [0.25, 0.3) is 0 Å². The van der Waals surface area contributed by atoms with Gasteiger partial charge in [0.1, 0.15) is 11.3 Å². The van der Waals surface area contributed by atoms with Gasteiger partial charge in [-0.3, -0.25) is 4.79 Å². The van der Waals surface area contributed by atoms with Gasteiger partial charge in [-0.05, 0) is 54.7 Å². The summed E-state index contributed by atoms with van der Waals surface area (Å²) >= 11 is 0. The van der Waals surface area contributed by atoms with Gasteiger partial charge in [-0.15, -0.1) is 0 Å². The van der Waals surface area contributed by atoms with Crippen LogP contribution in [0, 0.1) is 6.92 Å². The third-order valence-electron chi connectivity index (χ3n) is 4.62. The number of ketones is 1. The number of ether oxygens (including phenoxy) is 1. The first-order valence-corrected chi connectivity index (χ1v) is 8.99. The van der Waals surface area contributed by atoms with Crippen molar-refractivity contribution in [1.29, 1.82) is 0 Å². The summed E-state index contributed by atoms with van der Waals surface area (Å²) in [6, 6.07) is 11.7. The van der Waals surface area contributed by atoms with Crippen LogP contribution in [0.4, 0.5) is 0 Å². The van der Waals surface area contributed by atoms with Crippen molar-refractivity contribution in [3.63, 3.8) is 0 Å². The molecule has 3 aromatic rings. The van der Waals surface area contributed by atoms with Crippen LogP contribution in [0.25, 0.3) is 11.0 Å². The van der Waals surface area contributed by atoms with Crippen molar-refractivity contribution in [3.8, 4) is 5.75 Å². The molecule has 0 N–H and O–H groups in total. The highest BCUT2D eigenvalue weighted by Gasteiger charge is 2.21. The van der Waals surface area contributed by atoms with E-state index in [-0.39, 0.29) is 28.1 Å². The number of Topliss-reactive ketones (excluding diaryl/α,β-unsaturated/α-hetero) is 1. The number of esters is 1. The predicted octanol–water partition coefficient (Wildman–Crippen LogP) is 4.82. The van der Waals surface area contributed by atoms with E-state index in [9.17, 15) is 14.4 Å². The Labute approximate surface area is 162 Å². The minimum atomic E-state index is -0.586. The summed E-state index contributed by atoms with van der Waals surface area (Å²) in [5.74, 6) is -0.874. The molecule has 3 rings (SSSR count). The van der Waals surface area contributed by atoms with Gasteiger partial charge < -0.3 is 9.15 Å². The molecule has 2 aromatic carbocycles. The maximum Gasteiger partial charge on any atom is 0.343 e. The maximum atomic E-state index is 12.6. The SMILES string of the molecule is CC(=O)c1c(OC(=O)c2ccc(C(C)(C)C)cc2)ccc2c(C)cc(=O)oc12. The molecular formula is C23H22O5. The monoisotopic (exact) mass is 378 g/mol. The van der Waals surface area contributed by atoms with Crippen LogP contribution in [0.5, 0.6) is 5.75 Å². The van der Waals surface area contributed by atoms with E-state index in [0.717, 1.165) is 5.56 Å². The van der Waals surface area contributed by atoms with E-state index in [2.05, 4.69) is 20.8 Å². The molecule has 28 heavy (non-hydrogen) atoms. The van der Waals surface area contributed by atoms with Gasteiger partial charge in [0.15, 0.2) is 11.4 Å². The molecule has 0 saturated heterocycles. The van der Waals surface area contributed by atoms with Gasteiger partial charge in [-0.2, -0.15) is 0 Å². The second kappa shape index (κ2) is 7.08. The number of hydrogen-bond donors (Lipinski definition) is 0. The summed E-state index contributed by atoms with van der Waals surface area (Å²) in [5, 5.41) is 0.624. The quantitative estimate of drug-likeness (QED) is 0.283. The van der Waals surface area contributed by atoms with Crippen LogP contribution in [0.3, 0.4) is 0 Å². The topological polar surface area (TPSA) is 73.6 Å². The first-order valence-electron chi connectivity index (χ1n) is 8.99. The second-order valence-corrected chi connectivity index (χ2v) is 7.84. The molecule has 144 valence electrons. The fourth-order valence-corrected chi connectivity index (χ4v) is 3.05. The normalized spacial score (nSPS) is 11.5. The van der Waals surface area contributed by atoms with E-state index in [1.165, 1.54) is 13.0 Å². The summed E-state index contributed by atoms with van der Waals surface area (Å²) in [7, 11) is 0. The maximum absolute atomic E-state index is 12.6. The summed E-state index contributed by atoms with van der Waals surface area (Å²) in [6.45, 7) is 9.36. The van der Waals surface area contributed by atoms with E-state index < -0.39 is 11.6 Å². The van der Waals surface area contributed by atoms with Crippen LogP contribution in [0.1, 0.15) is 59.5 Å². The van der Waals surface area contributed by atoms with Gasteiger partial charge in [0.2, 0.25) is 0 Å². The van der Waals surface area contributed by atoms with Crippen molar-refractivity contribution >= 4 is 22.7 Å². The minimum absolute atomic E-state index is 0.0298. The molecule has 0 radical (unpaired) electrons. The number of rotatable bonds is 3. The molecule has 0 aliphatic heterocycles. The van der Waals surface area contributed by atoms with Crippen molar-refractivity contribution in [2.24, 2.45) is 0 Å². The number of fused-ring (bicyclic) bond motifs is 1. The van der Waals surface area contributed by atoms with Crippen LogP contribution in [-0.4, -0.2) is 11.8 Å². The molecule has 0 saturated carbocycles. The summed E-state index contributed by atoms with van der Waals surface area (Å²) in [5.41, 5.74) is 1.77. The zero-order chi connectivity index (χ0) is 20.6. The predicted molar refractivity (Wildman–Crippen MR) is 107 cm³/mol. The highest BCUT2D eigenvalue weighted by molar-refractivity contribution is 6.08. The Balaban J connectivity index is 2.02. The van der Waals surface area contributed by atoms with Crippen molar-refractivity contribution in [2.75, 3.05) is 0 Å². The molecule has 0 unspecified atom stereocenters. The molecule has 0 fully saturated rings. The standard InChI is InChI=1S/C23H22O5/c1-13-12-19(25)28-21-17(13)10-11-18(20(21)14(2)24)27-22(26)15-6-8-16(9-7-15)23(3,4)5/h6-12H,1-5H3. The number of carbonyl (C=O) groups excluding carboxylic acids is 2.